The van der Waals surface area contributed by atoms with Gasteiger partial charge in [-0.25, -0.2) is 4.79 Å². The average molecular weight is 356 g/mol. The van der Waals surface area contributed by atoms with Crippen LogP contribution in [0.4, 0.5) is 0 Å². The highest BCUT2D eigenvalue weighted by Crippen LogP contribution is 2.29. The topological polar surface area (TPSA) is 67.5 Å². The molecule has 4 aromatic rings. The molecule has 0 aliphatic carbocycles. The SMILES string of the molecule is Cc1c(-c2ccc(-c3ccccc3)cc2)oc2c(C(=O)O)cccc2c1=O. The van der Waals surface area contributed by atoms with Gasteiger partial charge in [0, 0.05) is 11.1 Å². The van der Waals surface area contributed by atoms with Crippen LogP contribution in [0.15, 0.2) is 82.0 Å². The Kier molecular flexibility index (Phi) is 4.09. The number of hydrogen-bond donors (Lipinski definition) is 1. The molecule has 1 N–H and O–H groups in total. The van der Waals surface area contributed by atoms with Gasteiger partial charge in [-0.2, -0.15) is 0 Å². The lowest BCUT2D eigenvalue weighted by Gasteiger charge is -2.09. The van der Waals surface area contributed by atoms with Gasteiger partial charge < -0.3 is 9.52 Å². The molecule has 4 heteroatoms. The van der Waals surface area contributed by atoms with Crippen LogP contribution in [-0.4, -0.2) is 11.1 Å². The predicted octanol–water partition coefficient (Wildman–Crippen LogP) is 5.13. The van der Waals surface area contributed by atoms with Crippen molar-refractivity contribution in [3.8, 4) is 22.5 Å². The van der Waals surface area contributed by atoms with Gasteiger partial charge in [0.1, 0.15) is 11.3 Å². The molecule has 0 fully saturated rings. The summed E-state index contributed by atoms with van der Waals surface area (Å²) in [4.78, 5) is 24.2. The van der Waals surface area contributed by atoms with E-state index >= 15 is 0 Å². The molecule has 132 valence electrons. The molecule has 4 nitrogen and oxygen atoms in total. The van der Waals surface area contributed by atoms with Crippen LogP contribution >= 0.6 is 0 Å². The summed E-state index contributed by atoms with van der Waals surface area (Å²) in [6.45, 7) is 1.69. The van der Waals surface area contributed by atoms with Crippen LogP contribution in [-0.2, 0) is 0 Å². The fourth-order valence-corrected chi connectivity index (χ4v) is 3.20. The molecule has 4 rings (SSSR count). The summed E-state index contributed by atoms with van der Waals surface area (Å²) < 4.78 is 5.92. The maximum absolute atomic E-state index is 12.7. The van der Waals surface area contributed by atoms with E-state index in [1.165, 1.54) is 6.07 Å². The maximum Gasteiger partial charge on any atom is 0.339 e. The molecule has 0 bridgehead atoms. The number of fused-ring (bicyclic) bond motifs is 1. The third kappa shape index (κ3) is 2.91. The number of aromatic carboxylic acids is 1. The first-order chi connectivity index (χ1) is 13.1. The van der Waals surface area contributed by atoms with E-state index < -0.39 is 5.97 Å². The second kappa shape index (κ2) is 6.57. The van der Waals surface area contributed by atoms with E-state index in [0.717, 1.165) is 16.7 Å². The Labute approximate surface area is 155 Å². The minimum atomic E-state index is -1.13. The lowest BCUT2D eigenvalue weighted by atomic mass is 10.0. The van der Waals surface area contributed by atoms with Crippen molar-refractivity contribution in [2.45, 2.75) is 6.92 Å². The van der Waals surface area contributed by atoms with Gasteiger partial charge >= 0.3 is 5.97 Å². The first-order valence-corrected chi connectivity index (χ1v) is 8.52. The van der Waals surface area contributed by atoms with Crippen molar-refractivity contribution >= 4 is 16.9 Å². The molecule has 0 atom stereocenters. The van der Waals surface area contributed by atoms with E-state index in [9.17, 15) is 14.7 Å². The summed E-state index contributed by atoms with van der Waals surface area (Å²) in [6, 6.07) is 22.2. The third-order valence-corrected chi connectivity index (χ3v) is 4.63. The molecule has 0 spiro atoms. The number of benzene rings is 3. The van der Waals surface area contributed by atoms with Crippen LogP contribution in [0.3, 0.4) is 0 Å². The smallest absolute Gasteiger partial charge is 0.339 e. The van der Waals surface area contributed by atoms with E-state index in [2.05, 4.69) is 0 Å². The average Bonchev–Trinajstić information content (AvgIpc) is 2.71. The van der Waals surface area contributed by atoms with E-state index in [1.807, 2.05) is 54.6 Å². The van der Waals surface area contributed by atoms with Crippen LogP contribution in [0.1, 0.15) is 15.9 Å². The lowest BCUT2D eigenvalue weighted by molar-refractivity contribution is 0.0698. The Bertz CT molecular complexity index is 1200. The second-order valence-electron chi connectivity index (χ2n) is 6.32. The van der Waals surface area contributed by atoms with Gasteiger partial charge in [-0.1, -0.05) is 60.7 Å². The fraction of sp³-hybridized carbons (Fsp3) is 0.0435. The second-order valence-corrected chi connectivity index (χ2v) is 6.32. The highest BCUT2D eigenvalue weighted by molar-refractivity contribution is 6.01. The van der Waals surface area contributed by atoms with Gasteiger partial charge in [0.25, 0.3) is 0 Å². The Hall–Kier alpha value is -3.66. The van der Waals surface area contributed by atoms with Crippen LogP contribution in [0.5, 0.6) is 0 Å². The third-order valence-electron chi connectivity index (χ3n) is 4.63. The summed E-state index contributed by atoms with van der Waals surface area (Å²) in [5, 5.41) is 9.68. The molecular formula is C23H16O4. The van der Waals surface area contributed by atoms with Crippen molar-refractivity contribution in [2.24, 2.45) is 0 Å². The van der Waals surface area contributed by atoms with Gasteiger partial charge in [-0.3, -0.25) is 4.79 Å². The van der Waals surface area contributed by atoms with Crippen LogP contribution in [0.2, 0.25) is 0 Å². The summed E-state index contributed by atoms with van der Waals surface area (Å²) >= 11 is 0. The van der Waals surface area contributed by atoms with Crippen molar-refractivity contribution < 1.29 is 14.3 Å². The number of rotatable bonds is 3. The number of hydrogen-bond acceptors (Lipinski definition) is 3. The quantitative estimate of drug-likeness (QED) is 0.552. The zero-order chi connectivity index (χ0) is 19.0. The van der Waals surface area contributed by atoms with Gasteiger partial charge in [-0.15, -0.1) is 0 Å². The minimum Gasteiger partial charge on any atom is -0.478 e. The Balaban J connectivity index is 1.89. The van der Waals surface area contributed by atoms with Crippen molar-refractivity contribution in [1.82, 2.24) is 0 Å². The maximum atomic E-state index is 12.7. The van der Waals surface area contributed by atoms with Crippen LogP contribution in [0.25, 0.3) is 33.4 Å². The molecular weight excluding hydrogens is 340 g/mol. The summed E-state index contributed by atoms with van der Waals surface area (Å²) in [5.41, 5.74) is 3.18. The Morgan fingerprint density at radius 3 is 2.11 bits per heavy atom. The molecule has 0 amide bonds. The number of carboxylic acids is 1. The van der Waals surface area contributed by atoms with Crippen molar-refractivity contribution in [2.75, 3.05) is 0 Å². The highest BCUT2D eigenvalue weighted by atomic mass is 16.4. The molecule has 1 heterocycles. The number of carbonyl (C=O) groups is 1. The van der Waals surface area contributed by atoms with Gasteiger partial charge in [0.15, 0.2) is 11.0 Å². The molecule has 1 aromatic heterocycles. The first-order valence-electron chi connectivity index (χ1n) is 8.52. The zero-order valence-electron chi connectivity index (χ0n) is 14.6. The molecule has 0 aliphatic rings. The largest absolute Gasteiger partial charge is 0.478 e. The molecule has 0 saturated heterocycles. The predicted molar refractivity (Wildman–Crippen MR) is 105 cm³/mol. The van der Waals surface area contributed by atoms with E-state index in [1.54, 1.807) is 19.1 Å². The monoisotopic (exact) mass is 356 g/mol. The number of para-hydroxylation sites is 1. The zero-order valence-corrected chi connectivity index (χ0v) is 14.6. The first kappa shape index (κ1) is 16.8. The van der Waals surface area contributed by atoms with Crippen LogP contribution < -0.4 is 5.43 Å². The van der Waals surface area contributed by atoms with E-state index in [-0.39, 0.29) is 22.0 Å². The molecule has 0 aliphatic heterocycles. The van der Waals surface area contributed by atoms with Gasteiger partial charge in [0.05, 0.1) is 5.39 Å². The normalized spacial score (nSPS) is 10.9. The highest BCUT2D eigenvalue weighted by Gasteiger charge is 2.17. The summed E-state index contributed by atoms with van der Waals surface area (Å²) in [5.74, 6) is -0.737. The lowest BCUT2D eigenvalue weighted by Crippen LogP contribution is -2.09. The standard InChI is InChI=1S/C23H16O4/c1-14-20(24)18-8-5-9-19(23(25)26)22(18)27-21(14)17-12-10-16(11-13-17)15-6-3-2-4-7-15/h2-13H,1H3,(H,25,26). The van der Waals surface area contributed by atoms with E-state index in [0.29, 0.717) is 11.3 Å². The van der Waals surface area contributed by atoms with Crippen LogP contribution in [0, 0.1) is 6.92 Å². The molecule has 3 aromatic carbocycles. The van der Waals surface area contributed by atoms with Crippen molar-refractivity contribution in [3.63, 3.8) is 0 Å². The molecule has 27 heavy (non-hydrogen) atoms. The molecule has 0 saturated carbocycles. The Morgan fingerprint density at radius 2 is 1.44 bits per heavy atom. The van der Waals surface area contributed by atoms with Gasteiger partial charge in [-0.05, 0) is 30.2 Å². The Morgan fingerprint density at radius 1 is 0.815 bits per heavy atom. The summed E-state index contributed by atoms with van der Waals surface area (Å²) in [6.07, 6.45) is 0. The fourth-order valence-electron chi connectivity index (χ4n) is 3.20. The van der Waals surface area contributed by atoms with E-state index in [4.69, 9.17) is 4.42 Å². The number of carboxylic acid groups (broad SMARTS) is 1. The van der Waals surface area contributed by atoms with Crippen molar-refractivity contribution in [1.29, 1.82) is 0 Å². The van der Waals surface area contributed by atoms with Crippen molar-refractivity contribution in [3.05, 3.63) is 94.1 Å². The van der Waals surface area contributed by atoms with Gasteiger partial charge in [0.2, 0.25) is 0 Å². The minimum absolute atomic E-state index is 0.0215. The molecule has 0 radical (unpaired) electrons. The summed E-state index contributed by atoms with van der Waals surface area (Å²) in [7, 11) is 0. The molecule has 0 unspecified atom stereocenters.